The zero-order valence-corrected chi connectivity index (χ0v) is 16.3. The van der Waals surface area contributed by atoms with E-state index in [0.29, 0.717) is 42.3 Å². The van der Waals surface area contributed by atoms with E-state index in [1.54, 1.807) is 31.3 Å². The molecule has 1 amide bonds. The molecule has 142 valence electrons. The largest absolute Gasteiger partial charge is 0.383 e. The van der Waals surface area contributed by atoms with E-state index in [4.69, 9.17) is 26.9 Å². The second kappa shape index (κ2) is 10.4. The lowest BCUT2D eigenvalue weighted by molar-refractivity contribution is -0.129. The summed E-state index contributed by atoms with van der Waals surface area (Å²) >= 11 is 7.23. The third kappa shape index (κ3) is 5.60. The van der Waals surface area contributed by atoms with Gasteiger partial charge in [0.25, 0.3) is 0 Å². The minimum absolute atomic E-state index is 0.0450. The molecule has 0 atom stereocenters. The summed E-state index contributed by atoms with van der Waals surface area (Å²) in [5, 5.41) is 9.19. The second-order valence-corrected chi connectivity index (χ2v) is 6.72. The summed E-state index contributed by atoms with van der Waals surface area (Å²) in [6.07, 6.45) is 0. The van der Waals surface area contributed by atoms with Gasteiger partial charge in [-0.15, -0.1) is 10.2 Å². The van der Waals surface area contributed by atoms with Crippen LogP contribution in [-0.2, 0) is 14.3 Å². The first-order valence-corrected chi connectivity index (χ1v) is 9.28. The van der Waals surface area contributed by atoms with E-state index in [-0.39, 0.29) is 11.7 Å². The first-order valence-electron chi connectivity index (χ1n) is 7.91. The number of thioether (sulfide) groups is 1. The van der Waals surface area contributed by atoms with Gasteiger partial charge in [-0.3, -0.25) is 4.79 Å². The Balaban J connectivity index is 2.01. The van der Waals surface area contributed by atoms with Gasteiger partial charge >= 0.3 is 0 Å². The van der Waals surface area contributed by atoms with Gasteiger partial charge in [0.2, 0.25) is 11.1 Å². The highest BCUT2D eigenvalue weighted by molar-refractivity contribution is 7.99. The van der Waals surface area contributed by atoms with Crippen molar-refractivity contribution in [1.82, 2.24) is 19.8 Å². The maximum atomic E-state index is 12.4. The van der Waals surface area contributed by atoms with Crippen molar-refractivity contribution in [1.29, 1.82) is 0 Å². The Kier molecular flexibility index (Phi) is 8.17. The van der Waals surface area contributed by atoms with Crippen LogP contribution in [0.3, 0.4) is 0 Å². The van der Waals surface area contributed by atoms with E-state index in [2.05, 4.69) is 10.2 Å². The fourth-order valence-corrected chi connectivity index (χ4v) is 3.13. The first-order chi connectivity index (χ1) is 12.6. The Morgan fingerprint density at radius 3 is 2.58 bits per heavy atom. The van der Waals surface area contributed by atoms with Gasteiger partial charge in [0, 0.05) is 37.9 Å². The molecule has 2 aromatic rings. The van der Waals surface area contributed by atoms with Crippen LogP contribution in [0, 0.1) is 0 Å². The van der Waals surface area contributed by atoms with Crippen LogP contribution in [0.1, 0.15) is 0 Å². The fourth-order valence-electron chi connectivity index (χ4n) is 2.18. The van der Waals surface area contributed by atoms with Crippen LogP contribution in [0.5, 0.6) is 0 Å². The van der Waals surface area contributed by atoms with Crippen LogP contribution in [0.2, 0.25) is 5.02 Å². The summed E-state index contributed by atoms with van der Waals surface area (Å²) < 4.78 is 11.5. The number of carbonyl (C=O) groups is 1. The highest BCUT2D eigenvalue weighted by Crippen LogP contribution is 2.23. The summed E-state index contributed by atoms with van der Waals surface area (Å²) in [6.45, 7) is 1.93. The molecule has 1 aromatic heterocycles. The quantitative estimate of drug-likeness (QED) is 0.478. The van der Waals surface area contributed by atoms with E-state index in [1.165, 1.54) is 16.4 Å². The van der Waals surface area contributed by atoms with Gasteiger partial charge in [-0.25, -0.2) is 4.68 Å². The molecule has 0 unspecified atom stereocenters. The summed E-state index contributed by atoms with van der Waals surface area (Å²) in [5.41, 5.74) is 0.757. The molecule has 0 aliphatic heterocycles. The molecule has 2 N–H and O–H groups in total. The molecule has 2 rings (SSSR count). The predicted molar refractivity (Wildman–Crippen MR) is 102 cm³/mol. The Morgan fingerprint density at radius 1 is 1.27 bits per heavy atom. The minimum Gasteiger partial charge on any atom is -0.383 e. The lowest BCUT2D eigenvalue weighted by Crippen LogP contribution is -2.37. The normalized spacial score (nSPS) is 10.9. The number of nitrogens with zero attached hydrogens (tertiary/aromatic N) is 4. The maximum Gasteiger partial charge on any atom is 0.233 e. The zero-order valence-electron chi connectivity index (χ0n) is 14.7. The van der Waals surface area contributed by atoms with Gasteiger partial charge < -0.3 is 20.2 Å². The number of hydrogen-bond acceptors (Lipinski definition) is 7. The predicted octanol–water partition coefficient (Wildman–Crippen LogP) is 1.53. The average Bonchev–Trinajstić information content (AvgIpc) is 3.00. The smallest absolute Gasteiger partial charge is 0.233 e. The number of halogens is 1. The van der Waals surface area contributed by atoms with E-state index < -0.39 is 0 Å². The van der Waals surface area contributed by atoms with Gasteiger partial charge in [-0.05, 0) is 12.1 Å². The molecule has 0 aliphatic carbocycles. The summed E-state index contributed by atoms with van der Waals surface area (Å²) in [7, 11) is 3.20. The van der Waals surface area contributed by atoms with Crippen LogP contribution in [0.4, 0.5) is 0 Å². The summed E-state index contributed by atoms with van der Waals surface area (Å²) in [6, 6.07) is 7.18. The van der Waals surface area contributed by atoms with Crippen molar-refractivity contribution in [3.05, 3.63) is 29.3 Å². The van der Waals surface area contributed by atoms with Gasteiger partial charge in [-0.1, -0.05) is 35.5 Å². The molecule has 0 saturated heterocycles. The molecule has 1 heterocycles. The monoisotopic (exact) mass is 399 g/mol. The summed E-state index contributed by atoms with van der Waals surface area (Å²) in [4.78, 5) is 14.1. The summed E-state index contributed by atoms with van der Waals surface area (Å²) in [5.74, 6) is 6.70. The first kappa shape index (κ1) is 20.5. The molecule has 0 saturated carbocycles. The Labute approximate surface area is 161 Å². The van der Waals surface area contributed by atoms with Crippen molar-refractivity contribution >= 4 is 29.3 Å². The number of hydrogen-bond donors (Lipinski definition) is 1. The highest BCUT2D eigenvalue weighted by Gasteiger charge is 2.17. The third-order valence-corrected chi connectivity index (χ3v) is 4.72. The molecule has 1 aromatic carbocycles. The lowest BCUT2D eigenvalue weighted by Gasteiger charge is -2.21. The van der Waals surface area contributed by atoms with E-state index >= 15 is 0 Å². The average molecular weight is 400 g/mol. The minimum atomic E-state index is -0.0450. The lowest BCUT2D eigenvalue weighted by atomic mass is 10.2. The number of methoxy groups -OCH3 is 2. The van der Waals surface area contributed by atoms with Gasteiger partial charge in [0.05, 0.1) is 19.0 Å². The van der Waals surface area contributed by atoms with Crippen LogP contribution < -0.4 is 5.84 Å². The number of ether oxygens (including phenoxy) is 2. The standard InChI is InChI=1S/C16H22ClN5O3S/c1-24-8-6-21(7-9-25-2)14(23)11-26-16-20-19-15(22(16)18)12-4-3-5-13(17)10-12/h3-5,10H,6-9,11,18H2,1-2H3. The highest BCUT2D eigenvalue weighted by atomic mass is 35.5. The van der Waals surface area contributed by atoms with E-state index in [1.807, 2.05) is 12.1 Å². The van der Waals surface area contributed by atoms with Crippen molar-refractivity contribution in [2.45, 2.75) is 5.16 Å². The molecular weight excluding hydrogens is 378 g/mol. The molecule has 0 aliphatic rings. The zero-order chi connectivity index (χ0) is 18.9. The molecule has 0 bridgehead atoms. The van der Waals surface area contributed by atoms with Crippen molar-refractivity contribution < 1.29 is 14.3 Å². The second-order valence-electron chi connectivity index (χ2n) is 5.34. The van der Waals surface area contributed by atoms with E-state index in [9.17, 15) is 4.79 Å². The number of nitrogen functional groups attached to an aromatic ring is 1. The van der Waals surface area contributed by atoms with Crippen LogP contribution in [-0.4, -0.2) is 72.0 Å². The number of benzene rings is 1. The van der Waals surface area contributed by atoms with Gasteiger partial charge in [0.15, 0.2) is 5.82 Å². The fraction of sp³-hybridized carbons (Fsp3) is 0.438. The number of carbonyl (C=O) groups excluding carboxylic acids is 1. The molecule has 0 fully saturated rings. The number of aromatic nitrogens is 3. The number of rotatable bonds is 10. The molecule has 0 spiro atoms. The molecule has 8 nitrogen and oxygen atoms in total. The topological polar surface area (TPSA) is 95.5 Å². The Bertz CT molecular complexity index is 720. The molecule has 26 heavy (non-hydrogen) atoms. The van der Waals surface area contributed by atoms with Crippen molar-refractivity contribution in [2.24, 2.45) is 0 Å². The number of amides is 1. The van der Waals surface area contributed by atoms with E-state index in [0.717, 1.165) is 5.56 Å². The van der Waals surface area contributed by atoms with Gasteiger partial charge in [-0.2, -0.15) is 0 Å². The van der Waals surface area contributed by atoms with Crippen molar-refractivity contribution in [3.63, 3.8) is 0 Å². The maximum absolute atomic E-state index is 12.4. The van der Waals surface area contributed by atoms with Crippen LogP contribution >= 0.6 is 23.4 Å². The molecule has 0 radical (unpaired) electrons. The van der Waals surface area contributed by atoms with Crippen molar-refractivity contribution in [2.75, 3.05) is 52.1 Å². The SMILES string of the molecule is COCCN(CCOC)C(=O)CSc1nnc(-c2cccc(Cl)c2)n1N. The van der Waals surface area contributed by atoms with Crippen molar-refractivity contribution in [3.8, 4) is 11.4 Å². The van der Waals surface area contributed by atoms with Gasteiger partial charge in [0.1, 0.15) is 0 Å². The third-order valence-electron chi connectivity index (χ3n) is 3.56. The molecular formula is C16H22ClN5O3S. The van der Waals surface area contributed by atoms with Crippen LogP contribution in [0.25, 0.3) is 11.4 Å². The Hall–Kier alpha value is -1.81. The molecule has 10 heteroatoms. The van der Waals surface area contributed by atoms with Crippen LogP contribution in [0.15, 0.2) is 29.4 Å². The number of nitrogens with two attached hydrogens (primary N) is 1. The Morgan fingerprint density at radius 2 is 1.96 bits per heavy atom.